The first kappa shape index (κ1) is 12.8. The van der Waals surface area contributed by atoms with E-state index in [2.05, 4.69) is 5.32 Å². The molecule has 0 aliphatic carbocycles. The third kappa shape index (κ3) is 3.38. The summed E-state index contributed by atoms with van der Waals surface area (Å²) in [5.74, 6) is 0.278. The zero-order valence-corrected chi connectivity index (χ0v) is 9.88. The maximum atomic E-state index is 13.4. The monoisotopic (exact) mass is 227 g/mol. The molecule has 0 saturated heterocycles. The van der Waals surface area contributed by atoms with Crippen molar-refractivity contribution in [1.82, 2.24) is 0 Å². The molecule has 1 aromatic carbocycles. The van der Waals surface area contributed by atoms with E-state index in [-0.39, 0.29) is 17.8 Å². The fraction of sp³-hybridized carbons (Fsp3) is 0.500. The molecule has 0 aliphatic heterocycles. The van der Waals surface area contributed by atoms with Crippen LogP contribution in [-0.2, 0) is 0 Å². The quantitative estimate of drug-likeness (QED) is 0.810. The Balaban J connectivity index is 2.73. The van der Waals surface area contributed by atoms with E-state index < -0.39 is 0 Å². The Morgan fingerprint density at radius 3 is 2.69 bits per heavy atom. The maximum Gasteiger partial charge on any atom is 0.146 e. The standard InChI is InChI=1S/C12H18FNO2/c1-12(2,8-15)7-14-11-6-9(16-3)4-5-10(11)13/h4-6,14-15H,7-8H2,1-3H3. The number of benzene rings is 1. The average molecular weight is 227 g/mol. The summed E-state index contributed by atoms with van der Waals surface area (Å²) in [7, 11) is 1.54. The van der Waals surface area contributed by atoms with E-state index in [1.807, 2.05) is 13.8 Å². The molecule has 0 amide bonds. The molecule has 2 N–H and O–H groups in total. The van der Waals surface area contributed by atoms with Crippen LogP contribution in [-0.4, -0.2) is 25.4 Å². The summed E-state index contributed by atoms with van der Waals surface area (Å²) in [4.78, 5) is 0. The molecule has 0 radical (unpaired) electrons. The van der Waals surface area contributed by atoms with Gasteiger partial charge in [0.1, 0.15) is 11.6 Å². The van der Waals surface area contributed by atoms with Crippen molar-refractivity contribution in [1.29, 1.82) is 0 Å². The van der Waals surface area contributed by atoms with Crippen molar-refractivity contribution in [3.8, 4) is 5.75 Å². The number of ether oxygens (including phenoxy) is 1. The molecule has 16 heavy (non-hydrogen) atoms. The molecule has 0 heterocycles. The highest BCUT2D eigenvalue weighted by molar-refractivity contribution is 5.49. The summed E-state index contributed by atoms with van der Waals surface area (Å²) >= 11 is 0. The highest BCUT2D eigenvalue weighted by atomic mass is 19.1. The van der Waals surface area contributed by atoms with Gasteiger partial charge in [-0.2, -0.15) is 0 Å². The molecule has 0 aliphatic rings. The summed E-state index contributed by atoms with van der Waals surface area (Å²) < 4.78 is 18.4. The van der Waals surface area contributed by atoms with E-state index in [0.717, 1.165) is 0 Å². The Hall–Kier alpha value is -1.29. The second kappa shape index (κ2) is 5.16. The third-order valence-electron chi connectivity index (χ3n) is 2.36. The first-order chi connectivity index (χ1) is 7.48. The lowest BCUT2D eigenvalue weighted by Gasteiger charge is -2.22. The number of anilines is 1. The SMILES string of the molecule is COc1ccc(F)c(NCC(C)(C)CO)c1. The molecular formula is C12H18FNO2. The summed E-state index contributed by atoms with van der Waals surface area (Å²) in [5, 5.41) is 12.0. The zero-order valence-electron chi connectivity index (χ0n) is 9.88. The van der Waals surface area contributed by atoms with Crippen LogP contribution in [0.3, 0.4) is 0 Å². The van der Waals surface area contributed by atoms with Gasteiger partial charge >= 0.3 is 0 Å². The number of hydrogen-bond acceptors (Lipinski definition) is 3. The van der Waals surface area contributed by atoms with E-state index in [1.54, 1.807) is 12.1 Å². The Morgan fingerprint density at radius 2 is 2.12 bits per heavy atom. The van der Waals surface area contributed by atoms with Crippen molar-refractivity contribution in [2.75, 3.05) is 25.6 Å². The number of nitrogens with one attached hydrogen (secondary N) is 1. The van der Waals surface area contributed by atoms with Crippen molar-refractivity contribution in [3.63, 3.8) is 0 Å². The van der Waals surface area contributed by atoms with Crippen molar-refractivity contribution in [2.24, 2.45) is 5.41 Å². The molecule has 0 unspecified atom stereocenters. The van der Waals surface area contributed by atoms with E-state index in [4.69, 9.17) is 9.84 Å². The number of rotatable bonds is 5. The van der Waals surface area contributed by atoms with Gasteiger partial charge in [0, 0.05) is 24.6 Å². The van der Waals surface area contributed by atoms with Crippen LogP contribution >= 0.6 is 0 Å². The molecule has 0 spiro atoms. The van der Waals surface area contributed by atoms with Crippen LogP contribution in [0.1, 0.15) is 13.8 Å². The third-order valence-corrected chi connectivity index (χ3v) is 2.36. The maximum absolute atomic E-state index is 13.4. The lowest BCUT2D eigenvalue weighted by Crippen LogP contribution is -2.27. The summed E-state index contributed by atoms with van der Waals surface area (Å²) in [6, 6.07) is 4.52. The topological polar surface area (TPSA) is 41.5 Å². The van der Waals surface area contributed by atoms with E-state index in [9.17, 15) is 4.39 Å². The number of aliphatic hydroxyl groups excluding tert-OH is 1. The van der Waals surface area contributed by atoms with Crippen LogP contribution in [0.5, 0.6) is 5.75 Å². The van der Waals surface area contributed by atoms with Crippen LogP contribution < -0.4 is 10.1 Å². The van der Waals surface area contributed by atoms with Gasteiger partial charge in [-0.05, 0) is 12.1 Å². The van der Waals surface area contributed by atoms with Gasteiger partial charge in [0.05, 0.1) is 12.8 Å². The molecule has 3 nitrogen and oxygen atoms in total. The number of halogens is 1. The number of methoxy groups -OCH3 is 1. The first-order valence-corrected chi connectivity index (χ1v) is 5.17. The summed E-state index contributed by atoms with van der Waals surface area (Å²) in [6.07, 6.45) is 0. The van der Waals surface area contributed by atoms with Crippen molar-refractivity contribution in [2.45, 2.75) is 13.8 Å². The van der Waals surface area contributed by atoms with Crippen molar-refractivity contribution >= 4 is 5.69 Å². The fourth-order valence-electron chi connectivity index (χ4n) is 1.16. The van der Waals surface area contributed by atoms with E-state index >= 15 is 0 Å². The molecule has 0 saturated carbocycles. The minimum Gasteiger partial charge on any atom is -0.497 e. The normalized spacial score (nSPS) is 11.3. The van der Waals surface area contributed by atoms with E-state index in [1.165, 1.54) is 13.2 Å². The van der Waals surface area contributed by atoms with Crippen LogP contribution in [0, 0.1) is 11.2 Å². The minimum atomic E-state index is -0.325. The average Bonchev–Trinajstić information content (AvgIpc) is 2.28. The number of aliphatic hydroxyl groups is 1. The van der Waals surface area contributed by atoms with Gasteiger partial charge in [-0.25, -0.2) is 4.39 Å². The smallest absolute Gasteiger partial charge is 0.146 e. The second-order valence-corrected chi connectivity index (χ2v) is 4.52. The van der Waals surface area contributed by atoms with Gasteiger partial charge < -0.3 is 15.2 Å². The zero-order chi connectivity index (χ0) is 12.2. The Bertz CT molecular complexity index is 353. The first-order valence-electron chi connectivity index (χ1n) is 5.17. The highest BCUT2D eigenvalue weighted by Gasteiger charge is 2.16. The van der Waals surface area contributed by atoms with Crippen molar-refractivity contribution in [3.05, 3.63) is 24.0 Å². The molecule has 0 fully saturated rings. The molecule has 0 bridgehead atoms. The molecule has 4 heteroatoms. The van der Waals surface area contributed by atoms with Gasteiger partial charge in [0.2, 0.25) is 0 Å². The molecule has 0 aromatic heterocycles. The Labute approximate surface area is 95.2 Å². The van der Waals surface area contributed by atoms with E-state index in [0.29, 0.717) is 18.0 Å². The van der Waals surface area contributed by atoms with Gasteiger partial charge in [-0.15, -0.1) is 0 Å². The molecule has 90 valence electrons. The summed E-state index contributed by atoms with van der Waals surface area (Å²) in [5.41, 5.74) is 0.107. The van der Waals surface area contributed by atoms with Crippen LogP contribution in [0.15, 0.2) is 18.2 Å². The molecule has 0 atom stereocenters. The minimum absolute atomic E-state index is 0.0472. The largest absolute Gasteiger partial charge is 0.497 e. The van der Waals surface area contributed by atoms with Gasteiger partial charge in [0.15, 0.2) is 0 Å². The lowest BCUT2D eigenvalue weighted by molar-refractivity contribution is 0.170. The Kier molecular flexibility index (Phi) is 4.12. The van der Waals surface area contributed by atoms with Crippen molar-refractivity contribution < 1.29 is 14.2 Å². The Morgan fingerprint density at radius 1 is 1.44 bits per heavy atom. The van der Waals surface area contributed by atoms with Crippen LogP contribution in [0.25, 0.3) is 0 Å². The molecular weight excluding hydrogens is 209 g/mol. The number of hydrogen-bond donors (Lipinski definition) is 2. The van der Waals surface area contributed by atoms with Gasteiger partial charge in [0.25, 0.3) is 0 Å². The predicted molar refractivity (Wildman–Crippen MR) is 62.3 cm³/mol. The lowest BCUT2D eigenvalue weighted by atomic mass is 9.95. The second-order valence-electron chi connectivity index (χ2n) is 4.52. The predicted octanol–water partition coefficient (Wildman–Crippen LogP) is 2.26. The molecule has 1 rings (SSSR count). The highest BCUT2D eigenvalue weighted by Crippen LogP contribution is 2.23. The van der Waals surface area contributed by atoms with Gasteiger partial charge in [-0.1, -0.05) is 13.8 Å². The summed E-state index contributed by atoms with van der Waals surface area (Å²) in [6.45, 7) is 4.34. The van der Waals surface area contributed by atoms with Crippen LogP contribution in [0.2, 0.25) is 0 Å². The molecule has 1 aromatic rings. The fourth-order valence-corrected chi connectivity index (χ4v) is 1.16. The van der Waals surface area contributed by atoms with Crippen LogP contribution in [0.4, 0.5) is 10.1 Å². The van der Waals surface area contributed by atoms with Gasteiger partial charge in [-0.3, -0.25) is 0 Å².